The maximum Gasteiger partial charge on any atom is 0.332 e. The third-order valence-corrected chi connectivity index (χ3v) is 6.86. The Morgan fingerprint density at radius 3 is 2.31 bits per heavy atom. The second-order valence-electron chi connectivity index (χ2n) is 8.74. The summed E-state index contributed by atoms with van der Waals surface area (Å²) in [7, 11) is 3.06. The molecule has 1 saturated heterocycles. The number of halogens is 1. The van der Waals surface area contributed by atoms with Crippen molar-refractivity contribution in [1.82, 2.24) is 23.6 Å². The number of aryl methyl sites for hydroxylation is 1. The number of anilines is 2. The third kappa shape index (κ3) is 4.24. The van der Waals surface area contributed by atoms with E-state index in [-0.39, 0.29) is 6.03 Å². The molecule has 0 atom stereocenters. The first-order valence-electron chi connectivity index (χ1n) is 11.6. The molecule has 0 unspecified atom stereocenters. The minimum Gasteiger partial charge on any atom is -0.339 e. The molecule has 10 nitrogen and oxygen atoms in total. The van der Waals surface area contributed by atoms with Crippen LogP contribution in [0.5, 0.6) is 0 Å². The molecule has 0 radical (unpaired) electrons. The molecule has 36 heavy (non-hydrogen) atoms. The highest BCUT2D eigenvalue weighted by atomic mass is 35.5. The summed E-state index contributed by atoms with van der Waals surface area (Å²) in [5.74, 6) is 0.561. The SMILES string of the molecule is Cn1c(=O)c2c(nc(N3CCN(C(=O)Nc4ccccc4)CC3)n2Cc2ccccc2Cl)n(C)c1=O. The number of hydrogen-bond donors (Lipinski definition) is 1. The van der Waals surface area contributed by atoms with Gasteiger partial charge in [0.05, 0.1) is 6.54 Å². The van der Waals surface area contributed by atoms with Crippen LogP contribution in [-0.2, 0) is 20.6 Å². The number of hydrogen-bond acceptors (Lipinski definition) is 5. The molecule has 186 valence electrons. The molecule has 1 fully saturated rings. The average Bonchev–Trinajstić information content (AvgIpc) is 3.27. The van der Waals surface area contributed by atoms with Crippen LogP contribution in [0.1, 0.15) is 5.56 Å². The van der Waals surface area contributed by atoms with Gasteiger partial charge in [-0.2, -0.15) is 4.98 Å². The van der Waals surface area contributed by atoms with E-state index < -0.39 is 11.2 Å². The second kappa shape index (κ2) is 9.54. The molecule has 2 aromatic carbocycles. The standard InChI is InChI=1S/C25H26ClN7O3/c1-29-21-20(22(34)30(2)25(29)36)33(16-17-8-6-7-11-19(17)26)23(28-21)31-12-14-32(15-13-31)24(35)27-18-9-4-3-5-10-18/h3-11H,12-16H2,1-2H3,(H,27,35). The summed E-state index contributed by atoms with van der Waals surface area (Å²) in [5.41, 5.74) is 1.36. The van der Waals surface area contributed by atoms with Crippen LogP contribution < -0.4 is 21.5 Å². The molecule has 3 heterocycles. The Bertz CT molecular complexity index is 1550. The summed E-state index contributed by atoms with van der Waals surface area (Å²) < 4.78 is 4.29. The van der Waals surface area contributed by atoms with E-state index in [1.165, 1.54) is 11.6 Å². The predicted molar refractivity (Wildman–Crippen MR) is 140 cm³/mol. The van der Waals surface area contributed by atoms with Crippen molar-refractivity contribution in [2.75, 3.05) is 36.4 Å². The first-order chi connectivity index (χ1) is 17.3. The number of urea groups is 1. The highest BCUT2D eigenvalue weighted by molar-refractivity contribution is 6.31. The van der Waals surface area contributed by atoms with Gasteiger partial charge in [-0.25, -0.2) is 9.59 Å². The van der Waals surface area contributed by atoms with Crippen LogP contribution in [-0.4, -0.2) is 55.8 Å². The number of fused-ring (bicyclic) bond motifs is 1. The molecule has 2 amide bonds. The van der Waals surface area contributed by atoms with Gasteiger partial charge in [-0.3, -0.25) is 18.5 Å². The van der Waals surface area contributed by atoms with Crippen molar-refractivity contribution in [3.8, 4) is 0 Å². The fraction of sp³-hybridized carbons (Fsp3) is 0.280. The minimum absolute atomic E-state index is 0.165. The first kappa shape index (κ1) is 23.7. The van der Waals surface area contributed by atoms with Crippen molar-refractivity contribution < 1.29 is 4.79 Å². The number of amides is 2. The largest absolute Gasteiger partial charge is 0.339 e. The summed E-state index contributed by atoms with van der Waals surface area (Å²) in [6.45, 7) is 2.30. The Labute approximate surface area is 211 Å². The van der Waals surface area contributed by atoms with Gasteiger partial charge < -0.3 is 15.1 Å². The van der Waals surface area contributed by atoms with Crippen LogP contribution in [0.25, 0.3) is 11.2 Å². The number of benzene rings is 2. The van der Waals surface area contributed by atoms with Gasteiger partial charge in [0.25, 0.3) is 5.56 Å². The van der Waals surface area contributed by atoms with Crippen LogP contribution in [0.15, 0.2) is 64.2 Å². The molecular formula is C25H26ClN7O3. The number of imidazole rings is 1. The predicted octanol–water partition coefficient (Wildman–Crippen LogP) is 2.49. The molecule has 11 heteroatoms. The quantitative estimate of drug-likeness (QED) is 0.458. The van der Waals surface area contributed by atoms with Crippen LogP contribution in [0.2, 0.25) is 5.02 Å². The fourth-order valence-electron chi connectivity index (χ4n) is 4.46. The van der Waals surface area contributed by atoms with Gasteiger partial charge >= 0.3 is 11.7 Å². The highest BCUT2D eigenvalue weighted by Gasteiger charge is 2.27. The van der Waals surface area contributed by atoms with Crippen molar-refractivity contribution in [3.63, 3.8) is 0 Å². The van der Waals surface area contributed by atoms with Crippen molar-refractivity contribution in [2.45, 2.75) is 6.54 Å². The zero-order valence-corrected chi connectivity index (χ0v) is 20.8. The maximum atomic E-state index is 13.2. The number of nitrogens with one attached hydrogen (secondary N) is 1. The van der Waals surface area contributed by atoms with Gasteiger partial charge in [0.2, 0.25) is 5.95 Å². The van der Waals surface area contributed by atoms with Crippen LogP contribution >= 0.6 is 11.6 Å². The van der Waals surface area contributed by atoms with Gasteiger partial charge in [0.15, 0.2) is 11.2 Å². The van der Waals surface area contributed by atoms with Gasteiger partial charge in [0, 0.05) is 51.0 Å². The van der Waals surface area contributed by atoms with Crippen LogP contribution in [0, 0.1) is 0 Å². The summed E-state index contributed by atoms with van der Waals surface area (Å²) in [6, 6.07) is 16.6. The Morgan fingerprint density at radius 2 is 1.61 bits per heavy atom. The fourth-order valence-corrected chi connectivity index (χ4v) is 4.65. The highest BCUT2D eigenvalue weighted by Crippen LogP contribution is 2.25. The number of rotatable bonds is 4. The number of piperazine rings is 1. The average molecular weight is 508 g/mol. The summed E-state index contributed by atoms with van der Waals surface area (Å²) in [6.07, 6.45) is 0. The van der Waals surface area contributed by atoms with E-state index >= 15 is 0 Å². The Kier molecular flexibility index (Phi) is 6.27. The van der Waals surface area contributed by atoms with Crippen molar-refractivity contribution in [1.29, 1.82) is 0 Å². The topological polar surface area (TPSA) is 97.4 Å². The number of carbonyl (C=O) groups excluding carboxylic acids is 1. The molecule has 1 N–H and O–H groups in total. The lowest BCUT2D eigenvalue weighted by Crippen LogP contribution is -2.50. The molecule has 1 aliphatic rings. The molecule has 0 bridgehead atoms. The minimum atomic E-state index is -0.441. The molecule has 0 spiro atoms. The Hall–Kier alpha value is -4.05. The molecule has 4 aromatic rings. The normalized spacial score (nSPS) is 13.9. The summed E-state index contributed by atoms with van der Waals surface area (Å²) >= 11 is 6.44. The lowest BCUT2D eigenvalue weighted by atomic mass is 10.2. The summed E-state index contributed by atoms with van der Waals surface area (Å²) in [5, 5.41) is 3.49. The Balaban J connectivity index is 1.48. The molecular weight excluding hydrogens is 482 g/mol. The smallest absolute Gasteiger partial charge is 0.332 e. The van der Waals surface area contributed by atoms with Gasteiger partial charge in [0.1, 0.15) is 0 Å². The number of para-hydroxylation sites is 1. The molecule has 0 saturated carbocycles. The van der Waals surface area contributed by atoms with Gasteiger partial charge in [-0.15, -0.1) is 0 Å². The third-order valence-electron chi connectivity index (χ3n) is 6.49. The zero-order chi connectivity index (χ0) is 25.4. The van der Waals surface area contributed by atoms with E-state index in [1.54, 1.807) is 18.0 Å². The molecule has 0 aliphatic carbocycles. The zero-order valence-electron chi connectivity index (χ0n) is 20.0. The molecule has 2 aromatic heterocycles. The number of aromatic nitrogens is 4. The van der Waals surface area contributed by atoms with E-state index in [1.807, 2.05) is 58.0 Å². The first-order valence-corrected chi connectivity index (χ1v) is 12.0. The van der Waals surface area contributed by atoms with E-state index in [4.69, 9.17) is 16.6 Å². The van der Waals surface area contributed by atoms with Crippen LogP contribution in [0.4, 0.5) is 16.4 Å². The molecule has 1 aliphatic heterocycles. The second-order valence-corrected chi connectivity index (χ2v) is 9.14. The van der Waals surface area contributed by atoms with E-state index in [0.717, 1.165) is 15.8 Å². The van der Waals surface area contributed by atoms with Crippen LogP contribution in [0.3, 0.4) is 0 Å². The van der Waals surface area contributed by atoms with Crippen molar-refractivity contribution in [2.24, 2.45) is 14.1 Å². The van der Waals surface area contributed by atoms with Crippen molar-refractivity contribution >= 4 is 40.4 Å². The number of nitrogens with zero attached hydrogens (tertiary/aromatic N) is 6. The maximum absolute atomic E-state index is 13.2. The molecule has 5 rings (SSSR count). The lowest BCUT2D eigenvalue weighted by molar-refractivity contribution is 0.208. The van der Waals surface area contributed by atoms with Gasteiger partial charge in [-0.1, -0.05) is 48.0 Å². The van der Waals surface area contributed by atoms with Crippen molar-refractivity contribution in [3.05, 3.63) is 86.0 Å². The van der Waals surface area contributed by atoms with Gasteiger partial charge in [-0.05, 0) is 23.8 Å². The van der Waals surface area contributed by atoms with E-state index in [0.29, 0.717) is 54.9 Å². The Morgan fingerprint density at radius 1 is 0.944 bits per heavy atom. The number of carbonyl (C=O) groups is 1. The van der Waals surface area contributed by atoms with E-state index in [9.17, 15) is 14.4 Å². The summed E-state index contributed by atoms with van der Waals surface area (Å²) in [4.78, 5) is 47.0. The van der Waals surface area contributed by atoms with E-state index in [2.05, 4.69) is 5.32 Å². The lowest BCUT2D eigenvalue weighted by Gasteiger charge is -2.35. The monoisotopic (exact) mass is 507 g/mol.